The Labute approximate surface area is 76.6 Å². The van der Waals surface area contributed by atoms with Crippen molar-refractivity contribution in [2.45, 2.75) is 12.8 Å². The van der Waals surface area contributed by atoms with Crippen LogP contribution in [-0.4, -0.2) is 7.11 Å². The molecular weight excluding hydrogens is 169 g/mol. The van der Waals surface area contributed by atoms with Gasteiger partial charge in [0.05, 0.1) is 19.1 Å². The molecule has 0 saturated carbocycles. The van der Waals surface area contributed by atoms with Gasteiger partial charge in [-0.2, -0.15) is 5.26 Å². The molecule has 0 bridgehead atoms. The molecule has 0 saturated heterocycles. The molecule has 0 radical (unpaired) electrons. The van der Waals surface area contributed by atoms with Crippen molar-refractivity contribution in [2.24, 2.45) is 0 Å². The normalized spacial score (nSPS) is 11.8. The summed E-state index contributed by atoms with van der Waals surface area (Å²) >= 11 is 0. The fraction of sp³-hybridized carbons (Fsp3) is 0.300. The number of hydrogen-bond donors (Lipinski definition) is 0. The van der Waals surface area contributed by atoms with Gasteiger partial charge in [0.25, 0.3) is 0 Å². The molecule has 3 heteroatoms. The van der Waals surface area contributed by atoms with E-state index in [0.717, 1.165) is 0 Å². The lowest BCUT2D eigenvalue weighted by Crippen LogP contribution is -1.98. The molecule has 13 heavy (non-hydrogen) atoms. The maximum absolute atomic E-state index is 13.2. The van der Waals surface area contributed by atoms with Crippen LogP contribution in [0.4, 0.5) is 4.39 Å². The van der Waals surface area contributed by atoms with E-state index in [1.165, 1.54) is 13.2 Å². The van der Waals surface area contributed by atoms with Gasteiger partial charge in [-0.3, -0.25) is 0 Å². The van der Waals surface area contributed by atoms with E-state index in [1.807, 2.05) is 6.07 Å². The largest absolute Gasteiger partial charge is 0.496 e. The third kappa shape index (κ3) is 1.78. The van der Waals surface area contributed by atoms with Gasteiger partial charge in [-0.15, -0.1) is 0 Å². The summed E-state index contributed by atoms with van der Waals surface area (Å²) in [6.07, 6.45) is 0. The summed E-state index contributed by atoms with van der Waals surface area (Å²) in [5.41, 5.74) is 0.326. The number of nitrogens with zero attached hydrogens (tertiary/aromatic N) is 1. The zero-order chi connectivity index (χ0) is 9.84. The van der Waals surface area contributed by atoms with E-state index in [-0.39, 0.29) is 0 Å². The smallest absolute Gasteiger partial charge is 0.131 e. The number of rotatable bonds is 2. The molecule has 0 heterocycles. The molecule has 1 unspecified atom stereocenters. The highest BCUT2D eigenvalue weighted by Crippen LogP contribution is 2.28. The zero-order valence-corrected chi connectivity index (χ0v) is 7.54. The minimum atomic E-state index is -0.490. The summed E-state index contributed by atoms with van der Waals surface area (Å²) in [4.78, 5) is 0. The van der Waals surface area contributed by atoms with Crippen molar-refractivity contribution in [3.05, 3.63) is 29.6 Å². The Balaban J connectivity index is 3.24. The predicted octanol–water partition coefficient (Wildman–Crippen LogP) is 2.46. The third-order valence-electron chi connectivity index (χ3n) is 1.86. The lowest BCUT2D eigenvalue weighted by Gasteiger charge is -2.10. The Hall–Kier alpha value is -1.56. The van der Waals surface area contributed by atoms with Gasteiger partial charge in [0.2, 0.25) is 0 Å². The molecule has 0 fully saturated rings. The number of ether oxygens (including phenoxy) is 1. The second-order valence-electron chi connectivity index (χ2n) is 2.71. The zero-order valence-electron chi connectivity index (χ0n) is 7.54. The maximum Gasteiger partial charge on any atom is 0.131 e. The highest BCUT2D eigenvalue weighted by atomic mass is 19.1. The Morgan fingerprint density at radius 3 is 2.77 bits per heavy atom. The molecule has 1 atom stereocenters. The molecule has 0 aliphatic rings. The highest BCUT2D eigenvalue weighted by Gasteiger charge is 2.15. The molecule has 0 aliphatic heterocycles. The first kappa shape index (κ1) is 9.53. The van der Waals surface area contributed by atoms with E-state index in [2.05, 4.69) is 0 Å². The lowest BCUT2D eigenvalue weighted by molar-refractivity contribution is 0.403. The molecule has 1 aromatic rings. The van der Waals surface area contributed by atoms with Crippen LogP contribution in [0.15, 0.2) is 18.2 Å². The van der Waals surface area contributed by atoms with Gasteiger partial charge in [-0.25, -0.2) is 4.39 Å². The van der Waals surface area contributed by atoms with Gasteiger partial charge < -0.3 is 4.74 Å². The van der Waals surface area contributed by atoms with E-state index in [1.54, 1.807) is 19.1 Å². The third-order valence-corrected chi connectivity index (χ3v) is 1.86. The second kappa shape index (κ2) is 3.90. The predicted molar refractivity (Wildman–Crippen MR) is 47.0 cm³/mol. The van der Waals surface area contributed by atoms with Gasteiger partial charge in [-0.1, -0.05) is 6.07 Å². The fourth-order valence-electron chi connectivity index (χ4n) is 1.18. The minimum absolute atomic E-state index is 0.326. The molecular formula is C10H10FNO. The van der Waals surface area contributed by atoms with Gasteiger partial charge in [0.15, 0.2) is 0 Å². The lowest BCUT2D eigenvalue weighted by atomic mass is 10.0. The topological polar surface area (TPSA) is 33.0 Å². The number of halogens is 1. The number of hydrogen-bond acceptors (Lipinski definition) is 2. The van der Waals surface area contributed by atoms with Crippen LogP contribution in [-0.2, 0) is 0 Å². The van der Waals surface area contributed by atoms with Crippen LogP contribution in [0.1, 0.15) is 18.4 Å². The van der Waals surface area contributed by atoms with Gasteiger partial charge >= 0.3 is 0 Å². The van der Waals surface area contributed by atoms with Crippen molar-refractivity contribution in [1.29, 1.82) is 5.26 Å². The van der Waals surface area contributed by atoms with Crippen molar-refractivity contribution in [2.75, 3.05) is 7.11 Å². The first-order chi connectivity index (χ1) is 6.20. The van der Waals surface area contributed by atoms with Crippen LogP contribution in [0.5, 0.6) is 5.75 Å². The summed E-state index contributed by atoms with van der Waals surface area (Å²) in [6.45, 7) is 1.64. The Morgan fingerprint density at radius 2 is 2.23 bits per heavy atom. The van der Waals surface area contributed by atoms with Crippen LogP contribution in [0, 0.1) is 17.1 Å². The van der Waals surface area contributed by atoms with Gasteiger partial charge in [-0.05, 0) is 19.1 Å². The standard InChI is InChI=1S/C10H10FNO/c1-7(6-12)10-8(11)4-3-5-9(10)13-2/h3-5,7H,1-2H3. The van der Waals surface area contributed by atoms with E-state index >= 15 is 0 Å². The number of benzene rings is 1. The first-order valence-corrected chi connectivity index (χ1v) is 3.92. The first-order valence-electron chi connectivity index (χ1n) is 3.92. The van der Waals surface area contributed by atoms with Crippen LogP contribution < -0.4 is 4.74 Å². The van der Waals surface area contributed by atoms with Gasteiger partial charge in [0, 0.05) is 5.56 Å². The fourth-order valence-corrected chi connectivity index (χ4v) is 1.18. The van der Waals surface area contributed by atoms with Crippen LogP contribution >= 0.6 is 0 Å². The molecule has 1 rings (SSSR count). The molecule has 0 amide bonds. The van der Waals surface area contributed by atoms with Crippen molar-refractivity contribution in [3.8, 4) is 11.8 Å². The second-order valence-corrected chi connectivity index (χ2v) is 2.71. The summed E-state index contributed by atoms with van der Waals surface area (Å²) in [6, 6.07) is 6.50. The summed E-state index contributed by atoms with van der Waals surface area (Å²) in [7, 11) is 1.46. The van der Waals surface area contributed by atoms with Crippen molar-refractivity contribution < 1.29 is 9.13 Å². The average Bonchev–Trinajstić information content (AvgIpc) is 2.16. The molecule has 0 spiro atoms. The molecule has 1 aromatic carbocycles. The van der Waals surface area contributed by atoms with Crippen LogP contribution in [0.3, 0.4) is 0 Å². The highest BCUT2D eigenvalue weighted by molar-refractivity contribution is 5.39. The average molecular weight is 179 g/mol. The monoisotopic (exact) mass is 179 g/mol. The van der Waals surface area contributed by atoms with Crippen molar-refractivity contribution >= 4 is 0 Å². The number of nitriles is 1. The Kier molecular flexibility index (Phi) is 2.86. The van der Waals surface area contributed by atoms with E-state index < -0.39 is 11.7 Å². The molecule has 0 aliphatic carbocycles. The molecule has 0 aromatic heterocycles. The summed E-state index contributed by atoms with van der Waals surface area (Å²) < 4.78 is 18.2. The molecule has 0 N–H and O–H groups in total. The van der Waals surface area contributed by atoms with Gasteiger partial charge in [0.1, 0.15) is 11.6 Å². The quantitative estimate of drug-likeness (QED) is 0.698. The Bertz CT molecular complexity index is 343. The van der Waals surface area contributed by atoms with E-state index in [0.29, 0.717) is 11.3 Å². The SMILES string of the molecule is COc1cccc(F)c1C(C)C#N. The molecule has 68 valence electrons. The van der Waals surface area contributed by atoms with Crippen LogP contribution in [0.25, 0.3) is 0 Å². The van der Waals surface area contributed by atoms with Crippen molar-refractivity contribution in [1.82, 2.24) is 0 Å². The number of methoxy groups -OCH3 is 1. The summed E-state index contributed by atoms with van der Waals surface area (Å²) in [5.74, 6) is -0.460. The van der Waals surface area contributed by atoms with E-state index in [4.69, 9.17) is 10.00 Å². The van der Waals surface area contributed by atoms with Crippen LogP contribution in [0.2, 0.25) is 0 Å². The van der Waals surface area contributed by atoms with E-state index in [9.17, 15) is 4.39 Å². The maximum atomic E-state index is 13.2. The summed E-state index contributed by atoms with van der Waals surface area (Å²) in [5, 5.41) is 8.66. The van der Waals surface area contributed by atoms with Crippen molar-refractivity contribution in [3.63, 3.8) is 0 Å². The molecule has 2 nitrogen and oxygen atoms in total. The Morgan fingerprint density at radius 1 is 1.54 bits per heavy atom. The minimum Gasteiger partial charge on any atom is -0.496 e.